The lowest BCUT2D eigenvalue weighted by atomic mass is 9.95. The molecule has 0 radical (unpaired) electrons. The fourth-order valence-electron chi connectivity index (χ4n) is 2.58. The van der Waals surface area contributed by atoms with E-state index < -0.39 is 0 Å². The Morgan fingerprint density at radius 2 is 2.15 bits per heavy atom. The van der Waals surface area contributed by atoms with Crippen molar-refractivity contribution < 1.29 is 4.79 Å². The van der Waals surface area contributed by atoms with Crippen LogP contribution in [0.2, 0.25) is 0 Å². The van der Waals surface area contributed by atoms with Gasteiger partial charge in [-0.25, -0.2) is 0 Å². The summed E-state index contributed by atoms with van der Waals surface area (Å²) in [7, 11) is 1.83. The number of hydrogen-bond donors (Lipinski definition) is 2. The minimum atomic E-state index is -0.194. The number of carbonyl (C=O) groups is 1. The minimum absolute atomic E-state index is 0.0116. The van der Waals surface area contributed by atoms with E-state index in [-0.39, 0.29) is 11.9 Å². The topological polar surface area (TPSA) is 59.0 Å². The lowest BCUT2D eigenvalue weighted by molar-refractivity contribution is -0.118. The lowest BCUT2D eigenvalue weighted by Gasteiger charge is -2.25. The van der Waals surface area contributed by atoms with Gasteiger partial charge in [-0.2, -0.15) is 5.10 Å². The minimum Gasteiger partial charge on any atom is -0.310 e. The van der Waals surface area contributed by atoms with E-state index in [2.05, 4.69) is 27.9 Å². The van der Waals surface area contributed by atoms with Gasteiger partial charge in [0.05, 0.1) is 11.7 Å². The first-order valence-electron chi connectivity index (χ1n) is 6.75. The van der Waals surface area contributed by atoms with Crippen molar-refractivity contribution in [2.45, 2.75) is 25.9 Å². The van der Waals surface area contributed by atoms with E-state index in [1.807, 2.05) is 32.2 Å². The van der Waals surface area contributed by atoms with E-state index in [1.54, 1.807) is 4.68 Å². The Morgan fingerprint density at radius 3 is 2.85 bits per heavy atom. The summed E-state index contributed by atoms with van der Waals surface area (Å²) in [6.07, 6.45) is 0.721. The molecular weight excluding hydrogens is 252 g/mol. The third kappa shape index (κ3) is 2.44. The van der Waals surface area contributed by atoms with Crippen LogP contribution < -0.4 is 10.6 Å². The molecule has 2 heterocycles. The van der Waals surface area contributed by atoms with E-state index in [9.17, 15) is 4.79 Å². The molecule has 0 saturated carbocycles. The highest BCUT2D eigenvalue weighted by Gasteiger charge is 2.24. The third-order valence-electron chi connectivity index (χ3n) is 3.65. The molecule has 3 rings (SSSR count). The maximum atomic E-state index is 12.3. The zero-order valence-corrected chi connectivity index (χ0v) is 11.7. The average Bonchev–Trinajstić information content (AvgIpc) is 2.76. The van der Waals surface area contributed by atoms with Crippen molar-refractivity contribution in [2.24, 2.45) is 7.05 Å². The first-order valence-corrected chi connectivity index (χ1v) is 6.75. The number of amides is 1. The number of carbonyl (C=O) groups excluding carboxylic acids is 1. The second-order valence-corrected chi connectivity index (χ2v) is 5.19. The molecule has 0 fully saturated rings. The number of hydrogen-bond acceptors (Lipinski definition) is 3. The van der Waals surface area contributed by atoms with Gasteiger partial charge < -0.3 is 10.6 Å². The van der Waals surface area contributed by atoms with Crippen molar-refractivity contribution in [2.75, 3.05) is 5.32 Å². The van der Waals surface area contributed by atoms with Crippen LogP contribution in [0.25, 0.3) is 0 Å². The van der Waals surface area contributed by atoms with Gasteiger partial charge in [-0.15, -0.1) is 0 Å². The highest BCUT2D eigenvalue weighted by molar-refractivity contribution is 5.94. The lowest BCUT2D eigenvalue weighted by Crippen LogP contribution is -2.44. The first kappa shape index (κ1) is 12.9. The quantitative estimate of drug-likeness (QED) is 0.867. The highest BCUT2D eigenvalue weighted by atomic mass is 16.2. The fourth-order valence-corrected chi connectivity index (χ4v) is 2.58. The van der Waals surface area contributed by atoms with E-state index in [0.29, 0.717) is 0 Å². The standard InChI is InChI=1S/C15H18N4O/c1-10-7-14(19(2)18-10)17-15(20)13-8-11-5-3-4-6-12(11)9-16-13/h3-7,13,16H,8-9H2,1-2H3,(H,17,20)/t13-/m0/s1. The number of aromatic nitrogens is 2. The van der Waals surface area contributed by atoms with Crippen LogP contribution in [-0.4, -0.2) is 21.7 Å². The molecular formula is C15H18N4O. The van der Waals surface area contributed by atoms with Gasteiger partial charge in [-0.3, -0.25) is 9.48 Å². The van der Waals surface area contributed by atoms with Crippen LogP contribution in [0.4, 0.5) is 5.82 Å². The molecule has 0 bridgehead atoms. The summed E-state index contributed by atoms with van der Waals surface area (Å²) in [6.45, 7) is 2.64. The Labute approximate surface area is 118 Å². The zero-order chi connectivity index (χ0) is 14.1. The van der Waals surface area contributed by atoms with E-state index in [0.717, 1.165) is 24.5 Å². The summed E-state index contributed by atoms with van der Waals surface area (Å²) in [6, 6.07) is 9.91. The number of nitrogens with zero attached hydrogens (tertiary/aromatic N) is 2. The molecule has 0 saturated heterocycles. The van der Waals surface area contributed by atoms with Crippen LogP contribution in [0.5, 0.6) is 0 Å². The smallest absolute Gasteiger partial charge is 0.243 e. The van der Waals surface area contributed by atoms with Crippen molar-refractivity contribution in [3.05, 3.63) is 47.2 Å². The van der Waals surface area contributed by atoms with E-state index in [4.69, 9.17) is 0 Å². The number of rotatable bonds is 2. The maximum Gasteiger partial charge on any atom is 0.243 e. The van der Waals surface area contributed by atoms with Gasteiger partial charge in [0.25, 0.3) is 0 Å². The molecule has 0 unspecified atom stereocenters. The summed E-state index contributed by atoms with van der Waals surface area (Å²) >= 11 is 0. The van der Waals surface area contributed by atoms with E-state index >= 15 is 0 Å². The monoisotopic (exact) mass is 270 g/mol. The second-order valence-electron chi connectivity index (χ2n) is 5.19. The molecule has 1 aromatic carbocycles. The van der Waals surface area contributed by atoms with Crippen LogP contribution in [0.15, 0.2) is 30.3 Å². The summed E-state index contributed by atoms with van der Waals surface area (Å²) in [5.41, 5.74) is 3.41. The molecule has 5 nitrogen and oxygen atoms in total. The SMILES string of the molecule is Cc1cc(NC(=O)[C@@H]2Cc3ccccc3CN2)n(C)n1. The summed E-state index contributed by atoms with van der Waals surface area (Å²) in [5.74, 6) is 0.718. The van der Waals surface area contributed by atoms with Crippen molar-refractivity contribution >= 4 is 11.7 Å². The molecule has 2 aromatic rings. The number of benzene rings is 1. The largest absolute Gasteiger partial charge is 0.310 e. The van der Waals surface area contributed by atoms with Crippen molar-refractivity contribution in [3.8, 4) is 0 Å². The molecule has 1 aliphatic heterocycles. The molecule has 2 N–H and O–H groups in total. The van der Waals surface area contributed by atoms with Gasteiger partial charge in [0.1, 0.15) is 5.82 Å². The van der Waals surface area contributed by atoms with E-state index in [1.165, 1.54) is 11.1 Å². The van der Waals surface area contributed by atoms with Gasteiger partial charge in [0, 0.05) is 19.7 Å². The molecule has 0 aliphatic carbocycles. The Balaban J connectivity index is 1.72. The summed E-state index contributed by atoms with van der Waals surface area (Å²) < 4.78 is 1.68. The third-order valence-corrected chi connectivity index (χ3v) is 3.65. The molecule has 0 spiro atoms. The van der Waals surface area contributed by atoms with Crippen molar-refractivity contribution in [1.29, 1.82) is 0 Å². The molecule has 104 valence electrons. The van der Waals surface area contributed by atoms with Crippen molar-refractivity contribution in [1.82, 2.24) is 15.1 Å². The fraction of sp³-hybridized carbons (Fsp3) is 0.333. The zero-order valence-electron chi connectivity index (χ0n) is 11.7. The predicted molar refractivity (Wildman–Crippen MR) is 77.3 cm³/mol. The Kier molecular flexibility index (Phi) is 3.28. The average molecular weight is 270 g/mol. The Bertz CT molecular complexity index is 647. The first-order chi connectivity index (χ1) is 9.63. The molecule has 1 amide bonds. The van der Waals surface area contributed by atoms with Crippen LogP contribution in [-0.2, 0) is 24.8 Å². The maximum absolute atomic E-state index is 12.3. The van der Waals surface area contributed by atoms with Crippen LogP contribution in [0.3, 0.4) is 0 Å². The number of aryl methyl sites for hydroxylation is 2. The Hall–Kier alpha value is -2.14. The van der Waals surface area contributed by atoms with Gasteiger partial charge in [0.2, 0.25) is 5.91 Å². The molecule has 1 aromatic heterocycles. The Morgan fingerprint density at radius 1 is 1.40 bits per heavy atom. The summed E-state index contributed by atoms with van der Waals surface area (Å²) in [4.78, 5) is 12.3. The number of fused-ring (bicyclic) bond motifs is 1. The number of nitrogens with one attached hydrogen (secondary N) is 2. The van der Waals surface area contributed by atoms with Gasteiger partial charge in [-0.05, 0) is 24.5 Å². The molecule has 20 heavy (non-hydrogen) atoms. The van der Waals surface area contributed by atoms with Crippen LogP contribution >= 0.6 is 0 Å². The second kappa shape index (κ2) is 5.09. The molecule has 1 atom stereocenters. The molecule has 5 heteroatoms. The predicted octanol–water partition coefficient (Wildman–Crippen LogP) is 1.38. The van der Waals surface area contributed by atoms with Gasteiger partial charge in [0.15, 0.2) is 0 Å². The van der Waals surface area contributed by atoms with Gasteiger partial charge in [-0.1, -0.05) is 24.3 Å². The van der Waals surface area contributed by atoms with Crippen molar-refractivity contribution in [3.63, 3.8) is 0 Å². The highest BCUT2D eigenvalue weighted by Crippen LogP contribution is 2.17. The normalized spacial score (nSPS) is 17.6. The van der Waals surface area contributed by atoms with Crippen LogP contribution in [0.1, 0.15) is 16.8 Å². The van der Waals surface area contributed by atoms with Gasteiger partial charge >= 0.3 is 0 Å². The van der Waals surface area contributed by atoms with Crippen LogP contribution in [0, 0.1) is 6.92 Å². The molecule has 1 aliphatic rings. The number of anilines is 1. The summed E-state index contributed by atoms with van der Waals surface area (Å²) in [5, 5.41) is 10.4.